The van der Waals surface area contributed by atoms with Gasteiger partial charge in [-0.25, -0.2) is 0 Å². The molecule has 0 spiro atoms. The van der Waals surface area contributed by atoms with Crippen LogP contribution in [0, 0.1) is 17.8 Å². The highest BCUT2D eigenvalue weighted by Crippen LogP contribution is 2.55. The van der Waals surface area contributed by atoms with E-state index in [1.807, 2.05) is 6.08 Å². The molecule has 1 aliphatic heterocycles. The molecule has 0 unspecified atom stereocenters. The number of ketones is 2. The first kappa shape index (κ1) is 25.1. The third-order valence-corrected chi connectivity index (χ3v) is 8.05. The van der Waals surface area contributed by atoms with E-state index in [1.54, 1.807) is 19.1 Å². The minimum absolute atomic E-state index is 0.0483. The Kier molecular flexibility index (Phi) is 6.58. The number of amides is 2. The number of hydrogen-bond donors (Lipinski definition) is 2. The Balaban J connectivity index is 1.47. The first-order chi connectivity index (χ1) is 17.7. The van der Waals surface area contributed by atoms with Crippen molar-refractivity contribution >= 4 is 29.4 Å². The third kappa shape index (κ3) is 4.21. The monoisotopic (exact) mass is 507 g/mol. The second-order valence-electron chi connectivity index (χ2n) is 10.2. The summed E-state index contributed by atoms with van der Waals surface area (Å²) in [5.74, 6) is -3.39. The van der Waals surface area contributed by atoms with E-state index >= 15 is 0 Å². The van der Waals surface area contributed by atoms with Crippen molar-refractivity contribution in [2.24, 2.45) is 17.8 Å². The molecule has 2 N–H and O–H groups in total. The smallest absolute Gasteiger partial charge is 0.303 e. The van der Waals surface area contributed by atoms with Crippen LogP contribution in [0.3, 0.4) is 0 Å². The molecule has 2 amide bonds. The number of carbonyl (C=O) groups is 5. The molecule has 4 aliphatic rings. The molecule has 1 fully saturated rings. The average Bonchev–Trinajstić information content (AvgIpc) is 3.44. The van der Waals surface area contributed by atoms with Crippen molar-refractivity contribution in [2.75, 3.05) is 6.54 Å². The number of aliphatic hydroxyl groups excluding tert-OH is 1. The molecule has 0 bridgehead atoms. The molecule has 0 saturated carbocycles. The number of fused-ring (bicyclic) bond motifs is 3. The Hall–Kier alpha value is -3.59. The average molecular weight is 508 g/mol. The molecule has 9 heteroatoms. The SMILES string of the molecule is CC1=CC(=O)C2=C(C[C@@H]3C(=CC[C@@H]4C(=O)N(CCCCCC(=O)O)C(=O)[C@@H]43)[C@@H]2c2ccc(CO)o2)C1=O. The van der Waals surface area contributed by atoms with Crippen LogP contribution in [0.5, 0.6) is 0 Å². The van der Waals surface area contributed by atoms with Crippen LogP contribution in [-0.2, 0) is 30.6 Å². The molecule has 2 heterocycles. The molecule has 37 heavy (non-hydrogen) atoms. The maximum Gasteiger partial charge on any atom is 0.303 e. The number of carboxylic acid groups (broad SMARTS) is 1. The number of rotatable bonds is 8. The Labute approximate surface area is 213 Å². The van der Waals surface area contributed by atoms with Crippen LogP contribution in [0.1, 0.15) is 62.9 Å². The number of aliphatic carboxylic acids is 1. The zero-order valence-electron chi connectivity index (χ0n) is 20.6. The van der Waals surface area contributed by atoms with Gasteiger partial charge in [0.25, 0.3) is 0 Å². The van der Waals surface area contributed by atoms with Gasteiger partial charge in [-0.2, -0.15) is 0 Å². The van der Waals surface area contributed by atoms with Gasteiger partial charge in [0, 0.05) is 29.7 Å². The highest BCUT2D eigenvalue weighted by Gasteiger charge is 2.56. The molecule has 194 valence electrons. The van der Waals surface area contributed by atoms with Gasteiger partial charge in [-0.05, 0) is 56.7 Å². The maximum absolute atomic E-state index is 13.6. The molecular weight excluding hydrogens is 478 g/mol. The first-order valence-corrected chi connectivity index (χ1v) is 12.7. The zero-order chi connectivity index (χ0) is 26.4. The number of allylic oxidation sites excluding steroid dienone is 6. The zero-order valence-corrected chi connectivity index (χ0v) is 20.6. The fourth-order valence-corrected chi connectivity index (χ4v) is 6.35. The van der Waals surface area contributed by atoms with Crippen LogP contribution in [0.15, 0.2) is 51.0 Å². The minimum Gasteiger partial charge on any atom is -0.481 e. The van der Waals surface area contributed by atoms with E-state index in [1.165, 1.54) is 11.0 Å². The van der Waals surface area contributed by atoms with Gasteiger partial charge >= 0.3 is 5.97 Å². The fourth-order valence-electron chi connectivity index (χ4n) is 6.35. The van der Waals surface area contributed by atoms with Gasteiger partial charge in [-0.15, -0.1) is 0 Å². The minimum atomic E-state index is -0.873. The molecule has 1 saturated heterocycles. The largest absolute Gasteiger partial charge is 0.481 e. The molecular formula is C28H29NO8. The number of Topliss-reactive ketones (excluding diaryl/α,β-unsaturated/α-hetero) is 1. The molecule has 1 aromatic rings. The van der Waals surface area contributed by atoms with Crippen molar-refractivity contribution < 1.29 is 38.6 Å². The van der Waals surface area contributed by atoms with Crippen molar-refractivity contribution in [2.45, 2.75) is 58.0 Å². The normalized spacial score (nSPS) is 27.1. The Morgan fingerprint density at radius 1 is 1.08 bits per heavy atom. The molecule has 1 aromatic heterocycles. The summed E-state index contributed by atoms with van der Waals surface area (Å²) in [6, 6.07) is 3.31. The lowest BCUT2D eigenvalue weighted by molar-refractivity contribution is -0.141. The molecule has 0 aromatic carbocycles. The number of unbranched alkanes of at least 4 members (excludes halogenated alkanes) is 2. The van der Waals surface area contributed by atoms with Gasteiger partial charge in [-0.1, -0.05) is 18.1 Å². The Bertz CT molecular complexity index is 1290. The van der Waals surface area contributed by atoms with Gasteiger partial charge in [0.2, 0.25) is 11.8 Å². The first-order valence-electron chi connectivity index (χ1n) is 12.7. The Morgan fingerprint density at radius 3 is 2.57 bits per heavy atom. The molecule has 9 nitrogen and oxygen atoms in total. The van der Waals surface area contributed by atoms with Crippen LogP contribution < -0.4 is 0 Å². The van der Waals surface area contributed by atoms with Crippen LogP contribution in [-0.4, -0.2) is 51.0 Å². The summed E-state index contributed by atoms with van der Waals surface area (Å²) < 4.78 is 5.84. The summed E-state index contributed by atoms with van der Waals surface area (Å²) in [6.45, 7) is 1.52. The van der Waals surface area contributed by atoms with Gasteiger partial charge in [0.1, 0.15) is 18.1 Å². The highest BCUT2D eigenvalue weighted by molar-refractivity contribution is 6.23. The van der Waals surface area contributed by atoms with E-state index < -0.39 is 29.6 Å². The van der Waals surface area contributed by atoms with E-state index in [4.69, 9.17) is 9.52 Å². The summed E-state index contributed by atoms with van der Waals surface area (Å²) in [5, 5.41) is 18.3. The van der Waals surface area contributed by atoms with E-state index in [9.17, 15) is 29.1 Å². The number of aliphatic hydroxyl groups is 1. The summed E-state index contributed by atoms with van der Waals surface area (Å²) in [6.07, 6.45) is 5.46. The predicted octanol–water partition coefficient (Wildman–Crippen LogP) is 2.85. The summed E-state index contributed by atoms with van der Waals surface area (Å²) in [5.41, 5.74) is 1.86. The van der Waals surface area contributed by atoms with Crippen molar-refractivity contribution in [3.63, 3.8) is 0 Å². The standard InChI is InChI=1S/C28H29NO8/c1-14-11-20(31)24-19(26(14)34)12-18-16(25(24)21-9-6-15(13-30)37-21)7-8-17-23(18)28(36)29(27(17)35)10-4-2-3-5-22(32)33/h6-7,9,11,17-18,23,25,30H,2-5,8,10,12-13H2,1H3,(H,32,33)/t17-,18+,23-,25+/m0/s1. The summed E-state index contributed by atoms with van der Waals surface area (Å²) in [7, 11) is 0. The fraction of sp³-hybridized carbons (Fsp3) is 0.464. The number of imide groups is 1. The lowest BCUT2D eigenvalue weighted by Crippen LogP contribution is -2.39. The van der Waals surface area contributed by atoms with E-state index in [-0.39, 0.29) is 49.4 Å². The van der Waals surface area contributed by atoms with Gasteiger partial charge in [0.15, 0.2) is 11.6 Å². The lowest BCUT2D eigenvalue weighted by atomic mass is 9.60. The second kappa shape index (κ2) is 9.70. The van der Waals surface area contributed by atoms with E-state index in [2.05, 4.69) is 0 Å². The van der Waals surface area contributed by atoms with E-state index in [0.29, 0.717) is 53.9 Å². The van der Waals surface area contributed by atoms with Crippen molar-refractivity contribution in [3.8, 4) is 0 Å². The number of nitrogens with zero attached hydrogens (tertiary/aromatic N) is 1. The van der Waals surface area contributed by atoms with Crippen molar-refractivity contribution in [1.82, 2.24) is 4.90 Å². The van der Waals surface area contributed by atoms with Crippen LogP contribution in [0.2, 0.25) is 0 Å². The van der Waals surface area contributed by atoms with Crippen molar-refractivity contribution in [3.05, 3.63) is 58.1 Å². The highest BCUT2D eigenvalue weighted by atomic mass is 16.4. The topological polar surface area (TPSA) is 142 Å². The number of carboxylic acids is 1. The van der Waals surface area contributed by atoms with Crippen LogP contribution in [0.25, 0.3) is 0 Å². The van der Waals surface area contributed by atoms with Crippen LogP contribution in [0.4, 0.5) is 0 Å². The molecule has 4 atom stereocenters. The number of carbonyl (C=O) groups excluding carboxylic acids is 4. The lowest BCUT2D eigenvalue weighted by Gasteiger charge is -2.41. The quantitative estimate of drug-likeness (QED) is 0.237. The Morgan fingerprint density at radius 2 is 1.86 bits per heavy atom. The second-order valence-corrected chi connectivity index (χ2v) is 10.2. The van der Waals surface area contributed by atoms with Gasteiger partial charge < -0.3 is 14.6 Å². The van der Waals surface area contributed by atoms with Gasteiger partial charge in [0.05, 0.1) is 17.8 Å². The maximum atomic E-state index is 13.6. The number of hydrogen-bond acceptors (Lipinski definition) is 7. The van der Waals surface area contributed by atoms with E-state index in [0.717, 1.165) is 5.57 Å². The predicted molar refractivity (Wildman–Crippen MR) is 129 cm³/mol. The number of likely N-dealkylation sites (tertiary alicyclic amines) is 1. The molecule has 5 rings (SSSR count). The summed E-state index contributed by atoms with van der Waals surface area (Å²) >= 11 is 0. The van der Waals surface area contributed by atoms with Crippen molar-refractivity contribution in [1.29, 1.82) is 0 Å². The third-order valence-electron chi connectivity index (χ3n) is 8.05. The molecule has 0 radical (unpaired) electrons. The number of furan rings is 1. The van der Waals surface area contributed by atoms with Crippen LogP contribution >= 0.6 is 0 Å². The summed E-state index contributed by atoms with van der Waals surface area (Å²) in [4.78, 5) is 65.2. The molecule has 3 aliphatic carbocycles. The van der Waals surface area contributed by atoms with Gasteiger partial charge in [-0.3, -0.25) is 28.9 Å².